The molecule has 8 heteroatoms. The van der Waals surface area contributed by atoms with E-state index >= 15 is 0 Å². The van der Waals surface area contributed by atoms with Crippen molar-refractivity contribution in [3.8, 4) is 0 Å². The number of nitrogens with one attached hydrogen (secondary N) is 2. The van der Waals surface area contributed by atoms with Crippen LogP contribution in [0.2, 0.25) is 5.02 Å². The molecule has 1 saturated heterocycles. The Morgan fingerprint density at radius 1 is 1.53 bits per heavy atom. The van der Waals surface area contributed by atoms with Crippen molar-refractivity contribution in [2.24, 2.45) is 0 Å². The molecule has 2 amide bonds. The Hall–Kier alpha value is -1.86. The maximum atomic E-state index is 11.7. The number of urea groups is 1. The minimum atomic E-state index is -0.579. The van der Waals surface area contributed by atoms with Crippen LogP contribution in [-0.4, -0.2) is 30.2 Å². The van der Waals surface area contributed by atoms with Gasteiger partial charge in [-0.2, -0.15) is 0 Å². The molecule has 0 radical (unpaired) electrons. The van der Waals surface area contributed by atoms with Crippen LogP contribution in [-0.2, 0) is 4.74 Å². The van der Waals surface area contributed by atoms with Gasteiger partial charge in [-0.3, -0.25) is 10.1 Å². The summed E-state index contributed by atoms with van der Waals surface area (Å²) in [6, 6.07) is 3.40. The minimum Gasteiger partial charge on any atom is -0.379 e. The number of rotatable bonds is 3. The van der Waals surface area contributed by atoms with E-state index in [1.807, 2.05) is 0 Å². The Morgan fingerprint density at radius 2 is 2.32 bits per heavy atom. The molecule has 1 fully saturated rings. The number of carbonyl (C=O) groups is 1. The number of nitrogens with zero attached hydrogens (tertiary/aromatic N) is 1. The number of anilines is 1. The second-order valence-electron chi connectivity index (χ2n) is 4.08. The number of amides is 2. The van der Waals surface area contributed by atoms with E-state index < -0.39 is 11.0 Å². The predicted octanol–water partition coefficient (Wildman–Crippen LogP) is 2.16. The van der Waals surface area contributed by atoms with E-state index in [9.17, 15) is 14.9 Å². The Balaban J connectivity index is 2.06. The monoisotopic (exact) mass is 285 g/mol. The molecule has 0 aromatic heterocycles. The standard InChI is InChI=1S/C11H12ClN3O4/c12-7-1-2-10(15(17)18)9(5-7)14-11(16)13-8-3-4-19-6-8/h1-2,5,8H,3-4,6H2,(H2,13,14,16). The highest BCUT2D eigenvalue weighted by Crippen LogP contribution is 2.27. The molecule has 2 rings (SSSR count). The lowest BCUT2D eigenvalue weighted by Crippen LogP contribution is -2.38. The van der Waals surface area contributed by atoms with E-state index in [1.54, 1.807) is 0 Å². The van der Waals surface area contributed by atoms with Crippen molar-refractivity contribution in [3.05, 3.63) is 33.3 Å². The third kappa shape index (κ3) is 3.55. The summed E-state index contributed by atoms with van der Waals surface area (Å²) in [6.45, 7) is 1.05. The van der Waals surface area contributed by atoms with Crippen molar-refractivity contribution in [2.45, 2.75) is 12.5 Å². The number of carbonyl (C=O) groups excluding carboxylic acids is 1. The van der Waals surface area contributed by atoms with Crippen LogP contribution < -0.4 is 10.6 Å². The smallest absolute Gasteiger partial charge is 0.319 e. The topological polar surface area (TPSA) is 93.5 Å². The van der Waals surface area contributed by atoms with Gasteiger partial charge in [-0.1, -0.05) is 11.6 Å². The van der Waals surface area contributed by atoms with Crippen molar-refractivity contribution in [3.63, 3.8) is 0 Å². The third-order valence-electron chi connectivity index (χ3n) is 2.67. The fourth-order valence-electron chi connectivity index (χ4n) is 1.76. The first-order valence-corrected chi connectivity index (χ1v) is 6.03. The summed E-state index contributed by atoms with van der Waals surface area (Å²) in [5, 5.41) is 16.2. The molecule has 2 N–H and O–H groups in total. The number of benzene rings is 1. The second-order valence-corrected chi connectivity index (χ2v) is 4.51. The van der Waals surface area contributed by atoms with Crippen molar-refractivity contribution in [1.82, 2.24) is 5.32 Å². The van der Waals surface area contributed by atoms with E-state index in [1.165, 1.54) is 18.2 Å². The molecule has 1 atom stereocenters. The highest BCUT2D eigenvalue weighted by atomic mass is 35.5. The van der Waals surface area contributed by atoms with Crippen LogP contribution in [0.5, 0.6) is 0 Å². The summed E-state index contributed by atoms with van der Waals surface area (Å²) in [7, 11) is 0. The van der Waals surface area contributed by atoms with Gasteiger partial charge >= 0.3 is 6.03 Å². The average Bonchev–Trinajstić information content (AvgIpc) is 2.81. The summed E-state index contributed by atoms with van der Waals surface area (Å²) in [6.07, 6.45) is 0.727. The third-order valence-corrected chi connectivity index (χ3v) is 2.90. The van der Waals surface area contributed by atoms with Crippen molar-refractivity contribution in [1.29, 1.82) is 0 Å². The highest BCUT2D eigenvalue weighted by Gasteiger charge is 2.20. The first kappa shape index (κ1) is 13.6. The summed E-state index contributed by atoms with van der Waals surface area (Å²) in [4.78, 5) is 22.0. The van der Waals surface area contributed by atoms with Crippen molar-refractivity contribution < 1.29 is 14.5 Å². The van der Waals surface area contributed by atoms with E-state index in [2.05, 4.69) is 10.6 Å². The molecule has 19 heavy (non-hydrogen) atoms. The van der Waals surface area contributed by atoms with Gasteiger partial charge in [-0.15, -0.1) is 0 Å². The van der Waals surface area contributed by atoms with Gasteiger partial charge in [0, 0.05) is 17.7 Å². The summed E-state index contributed by atoms with van der Waals surface area (Å²) < 4.78 is 5.12. The van der Waals surface area contributed by atoms with Gasteiger partial charge in [-0.25, -0.2) is 4.79 Å². The van der Waals surface area contributed by atoms with Crippen molar-refractivity contribution >= 4 is 29.0 Å². The Kier molecular flexibility index (Phi) is 4.18. The van der Waals surface area contributed by atoms with Gasteiger partial charge in [-0.05, 0) is 18.6 Å². The number of hydrogen-bond acceptors (Lipinski definition) is 4. The largest absolute Gasteiger partial charge is 0.379 e. The molecular formula is C11H12ClN3O4. The van der Waals surface area contributed by atoms with Crippen molar-refractivity contribution in [2.75, 3.05) is 18.5 Å². The average molecular weight is 286 g/mol. The lowest BCUT2D eigenvalue weighted by Gasteiger charge is -2.12. The number of nitro groups is 1. The van der Waals surface area contributed by atoms with Crippen LogP contribution in [0.25, 0.3) is 0 Å². The molecule has 7 nitrogen and oxygen atoms in total. The van der Waals surface area contributed by atoms with Crippen LogP contribution in [0.3, 0.4) is 0 Å². The number of halogens is 1. The van der Waals surface area contributed by atoms with E-state index in [-0.39, 0.29) is 17.4 Å². The summed E-state index contributed by atoms with van der Waals surface area (Å²) >= 11 is 5.76. The van der Waals surface area contributed by atoms with Gasteiger partial charge in [0.05, 0.1) is 17.6 Å². The lowest BCUT2D eigenvalue weighted by atomic mass is 10.2. The molecule has 1 aromatic carbocycles. The van der Waals surface area contributed by atoms with Gasteiger partial charge in [0.2, 0.25) is 0 Å². The first-order chi connectivity index (χ1) is 9.06. The van der Waals surface area contributed by atoms with Gasteiger partial charge in [0.1, 0.15) is 5.69 Å². The molecular weight excluding hydrogens is 274 g/mol. The normalized spacial score (nSPS) is 18.1. The number of nitro benzene ring substituents is 1. The molecule has 0 aliphatic carbocycles. The van der Waals surface area contributed by atoms with Gasteiger partial charge < -0.3 is 15.4 Å². The summed E-state index contributed by atoms with van der Waals surface area (Å²) in [5.41, 5.74) is -0.142. The fraction of sp³-hybridized carbons (Fsp3) is 0.364. The Morgan fingerprint density at radius 3 is 2.95 bits per heavy atom. The summed E-state index contributed by atoms with van der Waals surface area (Å²) in [5.74, 6) is 0. The molecule has 1 aromatic rings. The predicted molar refractivity (Wildman–Crippen MR) is 69.5 cm³/mol. The second kappa shape index (κ2) is 5.85. The highest BCUT2D eigenvalue weighted by molar-refractivity contribution is 6.31. The van der Waals surface area contributed by atoms with Gasteiger partial charge in [0.25, 0.3) is 5.69 Å². The maximum Gasteiger partial charge on any atom is 0.319 e. The molecule has 0 bridgehead atoms. The molecule has 1 unspecified atom stereocenters. The molecule has 0 saturated carbocycles. The quantitative estimate of drug-likeness (QED) is 0.657. The van der Waals surface area contributed by atoms with E-state index in [0.29, 0.717) is 18.2 Å². The Bertz CT molecular complexity index is 503. The fourth-order valence-corrected chi connectivity index (χ4v) is 1.93. The zero-order valence-electron chi connectivity index (χ0n) is 9.89. The van der Waals surface area contributed by atoms with Crippen LogP contribution in [0.15, 0.2) is 18.2 Å². The SMILES string of the molecule is O=C(Nc1cc(Cl)ccc1[N+](=O)[O-])NC1CCOC1. The molecule has 102 valence electrons. The van der Waals surface area contributed by atoms with E-state index in [0.717, 1.165) is 6.42 Å². The molecule has 1 aliphatic heterocycles. The van der Waals surface area contributed by atoms with Gasteiger partial charge in [0.15, 0.2) is 0 Å². The maximum absolute atomic E-state index is 11.7. The zero-order valence-corrected chi connectivity index (χ0v) is 10.6. The Labute approximate surface area is 114 Å². The first-order valence-electron chi connectivity index (χ1n) is 5.65. The number of ether oxygens (including phenoxy) is 1. The minimum absolute atomic E-state index is 0.0638. The van der Waals surface area contributed by atoms with E-state index in [4.69, 9.17) is 16.3 Å². The number of hydrogen-bond donors (Lipinski definition) is 2. The van der Waals surface area contributed by atoms with Crippen LogP contribution in [0.4, 0.5) is 16.2 Å². The molecule has 0 spiro atoms. The van der Waals surface area contributed by atoms with Crippen LogP contribution in [0, 0.1) is 10.1 Å². The van der Waals surface area contributed by atoms with Crippen LogP contribution in [0.1, 0.15) is 6.42 Å². The molecule has 1 aliphatic rings. The lowest BCUT2D eigenvalue weighted by molar-refractivity contribution is -0.383. The van der Waals surface area contributed by atoms with Crippen LogP contribution >= 0.6 is 11.6 Å². The zero-order chi connectivity index (χ0) is 13.8. The molecule has 1 heterocycles.